The van der Waals surface area contributed by atoms with E-state index < -0.39 is 17.2 Å². The van der Waals surface area contributed by atoms with E-state index in [-0.39, 0.29) is 30.0 Å². The fraction of sp³-hybridized carbons (Fsp3) is 0.500. The van der Waals surface area contributed by atoms with Crippen molar-refractivity contribution in [1.29, 1.82) is 0 Å². The monoisotopic (exact) mass is 354 g/mol. The van der Waals surface area contributed by atoms with Gasteiger partial charge in [0.05, 0.1) is 12.4 Å². The first-order valence-electron chi connectivity index (χ1n) is 7.14. The van der Waals surface area contributed by atoms with E-state index in [4.69, 9.17) is 9.47 Å². The lowest BCUT2D eigenvalue weighted by Crippen LogP contribution is -2.38. The first-order valence-corrected chi connectivity index (χ1v) is 8.13. The Labute approximate surface area is 141 Å². The van der Waals surface area contributed by atoms with Crippen molar-refractivity contribution < 1.29 is 14.3 Å². The minimum absolute atomic E-state index is 0.00162. The predicted octanol–water partition coefficient (Wildman–Crippen LogP) is -0.171. The van der Waals surface area contributed by atoms with Gasteiger partial charge in [-0.2, -0.15) is 0 Å². The number of aromatic nitrogens is 4. The van der Waals surface area contributed by atoms with E-state index in [0.29, 0.717) is 10.9 Å². The maximum atomic E-state index is 12.5. The van der Waals surface area contributed by atoms with Gasteiger partial charge in [-0.25, -0.2) is 14.8 Å². The Morgan fingerprint density at radius 2 is 1.92 bits per heavy atom. The van der Waals surface area contributed by atoms with Crippen LogP contribution in [0.1, 0.15) is 12.7 Å². The summed E-state index contributed by atoms with van der Waals surface area (Å²) in [5.41, 5.74) is -0.796. The molecule has 2 heterocycles. The van der Waals surface area contributed by atoms with Crippen molar-refractivity contribution in [3.8, 4) is 0 Å². The smallest absolute Gasteiger partial charge is 0.332 e. The van der Waals surface area contributed by atoms with Crippen molar-refractivity contribution in [1.82, 2.24) is 19.1 Å². The number of carbonyl (C=O) groups excluding carboxylic acids is 1. The van der Waals surface area contributed by atoms with Crippen LogP contribution in [-0.4, -0.2) is 44.5 Å². The van der Waals surface area contributed by atoms with Gasteiger partial charge >= 0.3 is 11.7 Å². The lowest BCUT2D eigenvalue weighted by atomic mass is 10.4. The maximum absolute atomic E-state index is 12.5. The predicted molar refractivity (Wildman–Crippen MR) is 88.1 cm³/mol. The lowest BCUT2D eigenvalue weighted by molar-refractivity contribution is -0.139. The highest BCUT2D eigenvalue weighted by Crippen LogP contribution is 2.22. The Hall–Kier alpha value is -2.20. The van der Waals surface area contributed by atoms with Crippen LogP contribution >= 0.6 is 11.8 Å². The third-order valence-corrected chi connectivity index (χ3v) is 4.17. The molecule has 0 aliphatic carbocycles. The summed E-state index contributed by atoms with van der Waals surface area (Å²) >= 11 is 1.07. The third-order valence-electron chi connectivity index (χ3n) is 3.22. The summed E-state index contributed by atoms with van der Waals surface area (Å²) < 4.78 is 12.2. The fourth-order valence-corrected chi connectivity index (χ4v) is 2.93. The summed E-state index contributed by atoms with van der Waals surface area (Å²) in [6, 6.07) is 0. The zero-order valence-electron chi connectivity index (χ0n) is 13.9. The van der Waals surface area contributed by atoms with Gasteiger partial charge in [0.1, 0.15) is 17.0 Å². The van der Waals surface area contributed by atoms with Crippen LogP contribution in [0.25, 0.3) is 11.0 Å². The molecule has 24 heavy (non-hydrogen) atoms. The molecule has 10 heteroatoms. The van der Waals surface area contributed by atoms with E-state index in [1.807, 2.05) is 0 Å². The van der Waals surface area contributed by atoms with Crippen LogP contribution in [0.2, 0.25) is 0 Å². The SMILES string of the molecule is CCOC(=O)CSc1nc(COC)nc2c1c(=O)n(C)c(=O)n2C. The Balaban J connectivity index is 2.64. The molecule has 130 valence electrons. The first kappa shape index (κ1) is 18.1. The molecule has 0 N–H and O–H groups in total. The topological polar surface area (TPSA) is 105 Å². The van der Waals surface area contributed by atoms with Crippen molar-refractivity contribution in [3.05, 3.63) is 26.7 Å². The maximum Gasteiger partial charge on any atom is 0.332 e. The number of ether oxygens (including phenoxy) is 2. The highest BCUT2D eigenvalue weighted by atomic mass is 32.2. The molecule has 0 atom stereocenters. The highest BCUT2D eigenvalue weighted by Gasteiger charge is 2.18. The summed E-state index contributed by atoms with van der Waals surface area (Å²) in [6.45, 7) is 2.10. The van der Waals surface area contributed by atoms with Crippen molar-refractivity contribution in [2.24, 2.45) is 14.1 Å². The van der Waals surface area contributed by atoms with E-state index >= 15 is 0 Å². The largest absolute Gasteiger partial charge is 0.465 e. The molecule has 0 saturated heterocycles. The number of aryl methyl sites for hydroxylation is 1. The number of thioether (sulfide) groups is 1. The molecule has 0 saturated carbocycles. The van der Waals surface area contributed by atoms with Gasteiger partial charge in [0.2, 0.25) is 0 Å². The average molecular weight is 354 g/mol. The molecule has 0 unspecified atom stereocenters. The second kappa shape index (κ2) is 7.58. The molecule has 0 amide bonds. The van der Waals surface area contributed by atoms with Crippen LogP contribution in [0.5, 0.6) is 0 Å². The third kappa shape index (κ3) is 3.49. The molecule has 2 aromatic rings. The lowest BCUT2D eigenvalue weighted by Gasteiger charge is -2.11. The molecule has 0 aromatic carbocycles. The molecule has 2 aromatic heterocycles. The fourth-order valence-electron chi connectivity index (χ4n) is 2.10. The van der Waals surface area contributed by atoms with Gasteiger partial charge < -0.3 is 9.47 Å². The molecule has 2 rings (SSSR count). The highest BCUT2D eigenvalue weighted by molar-refractivity contribution is 8.00. The number of fused-ring (bicyclic) bond motifs is 1. The number of methoxy groups -OCH3 is 1. The molecular formula is C14H18N4O5S. The van der Waals surface area contributed by atoms with Crippen molar-refractivity contribution in [3.63, 3.8) is 0 Å². The number of hydrogen-bond donors (Lipinski definition) is 0. The summed E-state index contributed by atoms with van der Waals surface area (Å²) in [5, 5.41) is 0.505. The van der Waals surface area contributed by atoms with Crippen molar-refractivity contribution in [2.75, 3.05) is 19.5 Å². The second-order valence-corrected chi connectivity index (χ2v) is 5.84. The summed E-state index contributed by atoms with van der Waals surface area (Å²) in [4.78, 5) is 44.7. The minimum Gasteiger partial charge on any atom is -0.465 e. The molecular weight excluding hydrogens is 336 g/mol. The van der Waals surface area contributed by atoms with Crippen LogP contribution in [0.15, 0.2) is 14.6 Å². The van der Waals surface area contributed by atoms with E-state index in [9.17, 15) is 14.4 Å². The van der Waals surface area contributed by atoms with Crippen molar-refractivity contribution >= 4 is 28.8 Å². The number of esters is 1. The second-order valence-electron chi connectivity index (χ2n) is 4.88. The van der Waals surface area contributed by atoms with Gasteiger partial charge in [0.15, 0.2) is 11.5 Å². The Morgan fingerprint density at radius 1 is 1.21 bits per heavy atom. The zero-order valence-corrected chi connectivity index (χ0v) is 14.7. The van der Waals surface area contributed by atoms with Crippen molar-refractivity contribution in [2.45, 2.75) is 18.6 Å². The van der Waals surface area contributed by atoms with E-state index in [1.165, 1.54) is 25.8 Å². The summed E-state index contributed by atoms with van der Waals surface area (Å²) in [7, 11) is 4.39. The van der Waals surface area contributed by atoms with Crippen LogP contribution in [0.3, 0.4) is 0 Å². The van der Waals surface area contributed by atoms with Gasteiger partial charge in [-0.05, 0) is 6.92 Å². The Kier molecular flexibility index (Phi) is 5.73. The van der Waals surface area contributed by atoms with Gasteiger partial charge in [0, 0.05) is 21.2 Å². The van der Waals surface area contributed by atoms with Gasteiger partial charge in [-0.3, -0.25) is 18.7 Å². The van der Waals surface area contributed by atoms with Gasteiger partial charge in [0.25, 0.3) is 5.56 Å². The molecule has 0 fully saturated rings. The van der Waals surface area contributed by atoms with E-state index in [0.717, 1.165) is 16.3 Å². The molecule has 0 spiro atoms. The van der Waals surface area contributed by atoms with Crippen LogP contribution in [0, 0.1) is 0 Å². The molecule has 0 aliphatic rings. The Bertz CT molecular complexity index is 889. The normalized spacial score (nSPS) is 11.0. The molecule has 0 bridgehead atoms. The summed E-state index contributed by atoms with van der Waals surface area (Å²) in [5.74, 6) is -0.0953. The summed E-state index contributed by atoms with van der Waals surface area (Å²) in [6.07, 6.45) is 0. The van der Waals surface area contributed by atoms with E-state index in [1.54, 1.807) is 6.92 Å². The molecule has 0 aliphatic heterocycles. The minimum atomic E-state index is -0.511. The molecule has 9 nitrogen and oxygen atoms in total. The van der Waals surface area contributed by atoms with Crippen LogP contribution < -0.4 is 11.2 Å². The van der Waals surface area contributed by atoms with Crippen LogP contribution in [-0.2, 0) is 35.0 Å². The standard InChI is InChI=1S/C14H18N4O5S/c1-5-23-9(19)7-24-12-10-11(15-8(16-12)6-22-4)17(2)14(21)18(3)13(10)20/h5-7H2,1-4H3. The number of rotatable bonds is 6. The quantitative estimate of drug-likeness (QED) is 0.400. The van der Waals surface area contributed by atoms with Gasteiger partial charge in [-0.1, -0.05) is 11.8 Å². The van der Waals surface area contributed by atoms with Gasteiger partial charge in [-0.15, -0.1) is 0 Å². The number of hydrogen-bond acceptors (Lipinski definition) is 8. The van der Waals surface area contributed by atoms with E-state index in [2.05, 4.69) is 9.97 Å². The number of nitrogens with zero attached hydrogens (tertiary/aromatic N) is 4. The molecule has 0 radical (unpaired) electrons. The Morgan fingerprint density at radius 3 is 2.54 bits per heavy atom. The number of carbonyl (C=O) groups is 1. The average Bonchev–Trinajstić information content (AvgIpc) is 2.56. The first-order chi connectivity index (χ1) is 11.4. The van der Waals surface area contributed by atoms with Crippen LogP contribution in [0.4, 0.5) is 0 Å². The zero-order chi connectivity index (χ0) is 17.9.